The third-order valence-electron chi connectivity index (χ3n) is 3.87. The molecule has 1 fully saturated rings. The Morgan fingerprint density at radius 2 is 2.00 bits per heavy atom. The lowest BCUT2D eigenvalue weighted by atomic mass is 9.85. The van der Waals surface area contributed by atoms with E-state index < -0.39 is 5.60 Å². The molecule has 1 N–H and O–H groups in total. The van der Waals surface area contributed by atoms with Gasteiger partial charge >= 0.3 is 0 Å². The van der Waals surface area contributed by atoms with Crippen molar-refractivity contribution >= 4 is 5.82 Å². The summed E-state index contributed by atoms with van der Waals surface area (Å²) in [5, 5.41) is 10.7. The van der Waals surface area contributed by atoms with E-state index in [1.54, 1.807) is 0 Å². The number of pyridine rings is 1. The van der Waals surface area contributed by atoms with Crippen molar-refractivity contribution in [1.29, 1.82) is 0 Å². The largest absolute Gasteiger partial charge is 0.385 e. The molecule has 1 aliphatic rings. The molecule has 1 aromatic heterocycles. The Labute approximate surface area is 109 Å². The van der Waals surface area contributed by atoms with Crippen LogP contribution in [0, 0.1) is 0 Å². The van der Waals surface area contributed by atoms with Crippen LogP contribution >= 0.6 is 0 Å². The van der Waals surface area contributed by atoms with Crippen LogP contribution in [0.4, 0.5) is 5.82 Å². The molecular formula is C14H23N3O. The van der Waals surface area contributed by atoms with E-state index in [4.69, 9.17) is 0 Å². The number of nitrogens with zero attached hydrogens (tertiary/aromatic N) is 3. The third kappa shape index (κ3) is 2.65. The van der Waals surface area contributed by atoms with Crippen molar-refractivity contribution in [3.63, 3.8) is 0 Å². The summed E-state index contributed by atoms with van der Waals surface area (Å²) in [5.74, 6) is 0.924. The summed E-state index contributed by atoms with van der Waals surface area (Å²) in [6.07, 6.45) is 3.41. The minimum atomic E-state index is -0.691. The van der Waals surface area contributed by atoms with Gasteiger partial charge in [0.25, 0.3) is 0 Å². The zero-order valence-corrected chi connectivity index (χ0v) is 11.6. The summed E-state index contributed by atoms with van der Waals surface area (Å²) in [7, 11) is 3.94. The Kier molecular flexibility index (Phi) is 3.88. The molecule has 0 unspecified atom stereocenters. The first-order valence-corrected chi connectivity index (χ1v) is 6.64. The molecule has 0 amide bonds. The number of hydrogen-bond acceptors (Lipinski definition) is 4. The Hall–Kier alpha value is -1.13. The first kappa shape index (κ1) is 13.3. The first-order chi connectivity index (χ1) is 8.55. The van der Waals surface area contributed by atoms with Crippen molar-refractivity contribution in [1.82, 2.24) is 9.88 Å². The van der Waals surface area contributed by atoms with Gasteiger partial charge in [0.15, 0.2) is 0 Å². The SMILES string of the molecule is CCN1CCC(O)(c2ccc(N(C)C)nc2)CC1. The van der Waals surface area contributed by atoms with Crippen LogP contribution in [0.2, 0.25) is 0 Å². The average Bonchev–Trinajstić information content (AvgIpc) is 2.40. The quantitative estimate of drug-likeness (QED) is 0.880. The number of rotatable bonds is 3. The van der Waals surface area contributed by atoms with Gasteiger partial charge in [-0.25, -0.2) is 4.98 Å². The van der Waals surface area contributed by atoms with Gasteiger partial charge in [-0.1, -0.05) is 13.0 Å². The van der Waals surface area contributed by atoms with Crippen LogP contribution in [-0.2, 0) is 5.60 Å². The summed E-state index contributed by atoms with van der Waals surface area (Å²) < 4.78 is 0. The molecule has 0 radical (unpaired) electrons. The second-order valence-electron chi connectivity index (χ2n) is 5.27. The minimum Gasteiger partial charge on any atom is -0.385 e. The fraction of sp³-hybridized carbons (Fsp3) is 0.643. The van der Waals surface area contributed by atoms with Crippen LogP contribution in [0.5, 0.6) is 0 Å². The van der Waals surface area contributed by atoms with Crippen molar-refractivity contribution in [3.8, 4) is 0 Å². The predicted molar refractivity (Wildman–Crippen MR) is 73.8 cm³/mol. The van der Waals surface area contributed by atoms with Gasteiger partial charge in [0.2, 0.25) is 0 Å². The van der Waals surface area contributed by atoms with Crippen molar-refractivity contribution < 1.29 is 5.11 Å². The number of likely N-dealkylation sites (tertiary alicyclic amines) is 1. The Morgan fingerprint density at radius 1 is 1.33 bits per heavy atom. The van der Waals surface area contributed by atoms with E-state index in [9.17, 15) is 5.11 Å². The second kappa shape index (κ2) is 5.24. The van der Waals surface area contributed by atoms with Gasteiger partial charge in [0.05, 0.1) is 5.60 Å². The molecule has 1 aromatic rings. The maximum absolute atomic E-state index is 10.7. The number of piperidine rings is 1. The molecule has 2 heterocycles. The standard InChI is InChI=1S/C14H23N3O/c1-4-17-9-7-14(18,8-10-17)12-5-6-13(15-11-12)16(2)3/h5-6,11,18H,4,7-10H2,1-3H3. The van der Waals surface area contributed by atoms with E-state index in [0.717, 1.165) is 43.9 Å². The van der Waals surface area contributed by atoms with E-state index in [0.29, 0.717) is 0 Å². The number of aromatic nitrogens is 1. The Bertz CT molecular complexity index is 381. The van der Waals surface area contributed by atoms with Crippen molar-refractivity contribution in [3.05, 3.63) is 23.9 Å². The summed E-state index contributed by atoms with van der Waals surface area (Å²) in [6, 6.07) is 3.98. The van der Waals surface area contributed by atoms with E-state index in [2.05, 4.69) is 16.8 Å². The molecule has 4 nitrogen and oxygen atoms in total. The normalized spacial score (nSPS) is 19.8. The van der Waals surface area contributed by atoms with Gasteiger partial charge in [0.1, 0.15) is 5.82 Å². The van der Waals surface area contributed by atoms with Gasteiger partial charge < -0.3 is 14.9 Å². The van der Waals surface area contributed by atoms with Crippen LogP contribution in [0.25, 0.3) is 0 Å². The molecule has 18 heavy (non-hydrogen) atoms. The number of hydrogen-bond donors (Lipinski definition) is 1. The zero-order chi connectivity index (χ0) is 13.2. The van der Waals surface area contributed by atoms with Crippen LogP contribution < -0.4 is 4.90 Å². The lowest BCUT2D eigenvalue weighted by molar-refractivity contribution is -0.0249. The molecule has 0 atom stereocenters. The van der Waals surface area contributed by atoms with Gasteiger partial charge in [-0.15, -0.1) is 0 Å². The minimum absolute atomic E-state index is 0.691. The van der Waals surface area contributed by atoms with Crippen LogP contribution in [0.15, 0.2) is 18.3 Å². The Balaban J connectivity index is 2.11. The van der Waals surface area contributed by atoms with Crippen LogP contribution in [0.3, 0.4) is 0 Å². The maximum Gasteiger partial charge on any atom is 0.127 e. The van der Waals surface area contributed by atoms with E-state index in [1.807, 2.05) is 37.3 Å². The first-order valence-electron chi connectivity index (χ1n) is 6.64. The van der Waals surface area contributed by atoms with E-state index in [1.165, 1.54) is 0 Å². The lowest BCUT2D eigenvalue weighted by Gasteiger charge is -2.38. The average molecular weight is 249 g/mol. The van der Waals surface area contributed by atoms with Gasteiger partial charge in [-0.3, -0.25) is 0 Å². The smallest absolute Gasteiger partial charge is 0.127 e. The highest BCUT2D eigenvalue weighted by Gasteiger charge is 2.33. The highest BCUT2D eigenvalue weighted by atomic mass is 16.3. The topological polar surface area (TPSA) is 39.6 Å². The van der Waals surface area contributed by atoms with Gasteiger partial charge in [-0.2, -0.15) is 0 Å². The molecule has 0 spiro atoms. The summed E-state index contributed by atoms with van der Waals surface area (Å²) in [4.78, 5) is 8.73. The number of aliphatic hydroxyl groups is 1. The molecule has 1 aliphatic heterocycles. The van der Waals surface area contributed by atoms with Gasteiger partial charge in [-0.05, 0) is 25.5 Å². The third-order valence-corrected chi connectivity index (χ3v) is 3.87. The maximum atomic E-state index is 10.7. The molecule has 4 heteroatoms. The monoisotopic (exact) mass is 249 g/mol. The summed E-state index contributed by atoms with van der Waals surface area (Å²) >= 11 is 0. The van der Waals surface area contributed by atoms with Crippen molar-refractivity contribution in [2.75, 3.05) is 38.6 Å². The van der Waals surface area contributed by atoms with Crippen molar-refractivity contribution in [2.45, 2.75) is 25.4 Å². The Morgan fingerprint density at radius 3 is 2.44 bits per heavy atom. The van der Waals surface area contributed by atoms with Crippen molar-refractivity contribution in [2.24, 2.45) is 0 Å². The fourth-order valence-electron chi connectivity index (χ4n) is 2.45. The molecule has 2 rings (SSSR count). The molecule has 100 valence electrons. The second-order valence-corrected chi connectivity index (χ2v) is 5.27. The van der Waals surface area contributed by atoms with Gasteiger partial charge in [0, 0.05) is 38.9 Å². The fourth-order valence-corrected chi connectivity index (χ4v) is 2.45. The summed E-state index contributed by atoms with van der Waals surface area (Å²) in [5.41, 5.74) is 0.257. The van der Waals surface area contributed by atoms with Crippen LogP contribution in [-0.4, -0.2) is 48.7 Å². The molecular weight excluding hydrogens is 226 g/mol. The molecule has 0 aliphatic carbocycles. The lowest BCUT2D eigenvalue weighted by Crippen LogP contribution is -2.42. The zero-order valence-electron chi connectivity index (χ0n) is 11.6. The predicted octanol–water partition coefficient (Wildman–Crippen LogP) is 1.45. The molecule has 0 bridgehead atoms. The molecule has 0 saturated carbocycles. The number of anilines is 1. The highest BCUT2D eigenvalue weighted by molar-refractivity contribution is 5.38. The molecule has 1 saturated heterocycles. The molecule has 0 aromatic carbocycles. The van der Waals surface area contributed by atoms with Crippen LogP contribution in [0.1, 0.15) is 25.3 Å². The van der Waals surface area contributed by atoms with E-state index >= 15 is 0 Å². The van der Waals surface area contributed by atoms with E-state index in [-0.39, 0.29) is 0 Å². The summed E-state index contributed by atoms with van der Waals surface area (Å²) in [6.45, 7) is 5.15. The highest BCUT2D eigenvalue weighted by Crippen LogP contribution is 2.32.